The van der Waals surface area contributed by atoms with Crippen LogP contribution in [-0.4, -0.2) is 29.5 Å². The molecule has 0 fully saturated rings. The molecule has 4 heteroatoms. The summed E-state index contributed by atoms with van der Waals surface area (Å²) in [5.41, 5.74) is 1.07. The van der Waals surface area contributed by atoms with Crippen LogP contribution in [-0.2, 0) is 18.2 Å². The Kier molecular flexibility index (Phi) is 3.95. The Bertz CT molecular complexity index is 281. The van der Waals surface area contributed by atoms with Gasteiger partial charge in [-0.05, 0) is 13.8 Å². The first-order chi connectivity index (χ1) is 6.63. The van der Waals surface area contributed by atoms with Crippen LogP contribution in [0.1, 0.15) is 19.5 Å². The predicted molar refractivity (Wildman–Crippen MR) is 57.5 cm³/mol. The molecule has 0 radical (unpaired) electrons. The Balaban J connectivity index is 2.62. The second-order valence-corrected chi connectivity index (χ2v) is 3.69. The maximum Gasteiger partial charge on any atom is 0.124 e. The molecule has 1 rings (SSSR count). The van der Waals surface area contributed by atoms with Crippen molar-refractivity contribution in [2.75, 3.05) is 19.0 Å². The standard InChI is InChI=1S/C10H19N3O/c1-8(2)11-10-7-9(5-6-14-4)12-13(10)3/h7-8,11H,5-6H2,1-4H3. The van der Waals surface area contributed by atoms with Gasteiger partial charge in [-0.1, -0.05) is 0 Å². The number of methoxy groups -OCH3 is 1. The highest BCUT2D eigenvalue weighted by atomic mass is 16.5. The highest BCUT2D eigenvalue weighted by molar-refractivity contribution is 5.37. The summed E-state index contributed by atoms with van der Waals surface area (Å²) in [5.74, 6) is 1.06. The fraction of sp³-hybridized carbons (Fsp3) is 0.700. The van der Waals surface area contributed by atoms with Gasteiger partial charge in [-0.15, -0.1) is 0 Å². The Morgan fingerprint density at radius 2 is 2.29 bits per heavy atom. The van der Waals surface area contributed by atoms with Crippen LogP contribution in [0.15, 0.2) is 6.07 Å². The molecule has 0 aliphatic carbocycles. The minimum atomic E-state index is 0.431. The molecule has 1 aromatic heterocycles. The largest absolute Gasteiger partial charge is 0.384 e. The van der Waals surface area contributed by atoms with E-state index in [1.807, 2.05) is 11.7 Å². The number of hydrogen-bond donors (Lipinski definition) is 1. The SMILES string of the molecule is COCCc1cc(NC(C)C)n(C)n1. The third kappa shape index (κ3) is 3.03. The molecule has 4 nitrogen and oxygen atoms in total. The third-order valence-corrected chi connectivity index (χ3v) is 1.93. The van der Waals surface area contributed by atoms with E-state index in [1.54, 1.807) is 7.11 Å². The van der Waals surface area contributed by atoms with Crippen LogP contribution < -0.4 is 5.32 Å². The van der Waals surface area contributed by atoms with E-state index in [-0.39, 0.29) is 0 Å². The second-order valence-electron chi connectivity index (χ2n) is 3.69. The Morgan fingerprint density at radius 3 is 2.86 bits per heavy atom. The molecule has 80 valence electrons. The van der Waals surface area contributed by atoms with Gasteiger partial charge in [0, 0.05) is 32.7 Å². The van der Waals surface area contributed by atoms with Gasteiger partial charge in [0.15, 0.2) is 0 Å². The molecule has 0 amide bonds. The van der Waals surface area contributed by atoms with E-state index in [0.717, 1.165) is 24.5 Å². The van der Waals surface area contributed by atoms with Crippen molar-refractivity contribution in [3.05, 3.63) is 11.8 Å². The summed E-state index contributed by atoms with van der Waals surface area (Å²) in [6.07, 6.45) is 0.865. The van der Waals surface area contributed by atoms with Crippen molar-refractivity contribution in [1.29, 1.82) is 0 Å². The minimum Gasteiger partial charge on any atom is -0.384 e. The van der Waals surface area contributed by atoms with Crippen LogP contribution in [0, 0.1) is 0 Å². The zero-order valence-corrected chi connectivity index (χ0v) is 9.37. The molecule has 1 aromatic rings. The fourth-order valence-electron chi connectivity index (χ4n) is 1.29. The number of ether oxygens (including phenoxy) is 1. The number of anilines is 1. The smallest absolute Gasteiger partial charge is 0.124 e. The van der Waals surface area contributed by atoms with E-state index in [0.29, 0.717) is 6.04 Å². The average molecular weight is 197 g/mol. The lowest BCUT2D eigenvalue weighted by Crippen LogP contribution is -2.12. The molecule has 0 spiro atoms. The molecule has 0 saturated carbocycles. The summed E-state index contributed by atoms with van der Waals surface area (Å²) in [4.78, 5) is 0. The Hall–Kier alpha value is -1.03. The lowest BCUT2D eigenvalue weighted by molar-refractivity contribution is 0.201. The molecule has 0 aliphatic rings. The van der Waals surface area contributed by atoms with Gasteiger partial charge in [0.25, 0.3) is 0 Å². The Morgan fingerprint density at radius 1 is 1.57 bits per heavy atom. The summed E-state index contributed by atoms with van der Waals surface area (Å²) in [7, 11) is 3.65. The molecular formula is C10H19N3O. The lowest BCUT2D eigenvalue weighted by Gasteiger charge is -2.08. The summed E-state index contributed by atoms with van der Waals surface area (Å²) in [6.45, 7) is 4.95. The van der Waals surface area contributed by atoms with E-state index in [9.17, 15) is 0 Å². The Labute approximate surface area is 85.3 Å². The lowest BCUT2D eigenvalue weighted by atomic mass is 10.3. The number of nitrogens with zero attached hydrogens (tertiary/aromatic N) is 2. The van der Waals surface area contributed by atoms with Gasteiger partial charge >= 0.3 is 0 Å². The zero-order valence-electron chi connectivity index (χ0n) is 9.37. The fourth-order valence-corrected chi connectivity index (χ4v) is 1.29. The van der Waals surface area contributed by atoms with Crippen LogP contribution in [0.4, 0.5) is 5.82 Å². The summed E-state index contributed by atoms with van der Waals surface area (Å²) < 4.78 is 6.87. The summed E-state index contributed by atoms with van der Waals surface area (Å²) in [6, 6.07) is 2.50. The van der Waals surface area contributed by atoms with Crippen molar-refractivity contribution in [2.45, 2.75) is 26.3 Å². The van der Waals surface area contributed by atoms with Gasteiger partial charge in [-0.25, -0.2) is 0 Å². The maximum absolute atomic E-state index is 5.01. The van der Waals surface area contributed by atoms with Crippen molar-refractivity contribution in [2.24, 2.45) is 7.05 Å². The highest BCUT2D eigenvalue weighted by Crippen LogP contribution is 2.10. The first-order valence-corrected chi connectivity index (χ1v) is 4.92. The number of hydrogen-bond acceptors (Lipinski definition) is 3. The molecule has 0 unspecified atom stereocenters. The quantitative estimate of drug-likeness (QED) is 0.776. The minimum absolute atomic E-state index is 0.431. The molecular weight excluding hydrogens is 178 g/mol. The monoisotopic (exact) mass is 197 g/mol. The number of aromatic nitrogens is 2. The molecule has 0 aromatic carbocycles. The van der Waals surface area contributed by atoms with Crippen LogP contribution in [0.3, 0.4) is 0 Å². The molecule has 1 heterocycles. The molecule has 0 aliphatic heterocycles. The molecule has 0 bridgehead atoms. The van der Waals surface area contributed by atoms with Crippen molar-refractivity contribution in [3.63, 3.8) is 0 Å². The van der Waals surface area contributed by atoms with Crippen LogP contribution in [0.5, 0.6) is 0 Å². The molecule has 0 atom stereocenters. The van der Waals surface area contributed by atoms with Crippen molar-refractivity contribution in [1.82, 2.24) is 9.78 Å². The predicted octanol–water partition coefficient (Wildman–Crippen LogP) is 1.43. The van der Waals surface area contributed by atoms with E-state index in [2.05, 4.69) is 30.3 Å². The van der Waals surface area contributed by atoms with Gasteiger partial charge < -0.3 is 10.1 Å². The third-order valence-electron chi connectivity index (χ3n) is 1.93. The maximum atomic E-state index is 5.01. The van der Waals surface area contributed by atoms with Crippen LogP contribution in [0.25, 0.3) is 0 Å². The van der Waals surface area contributed by atoms with Crippen LogP contribution in [0.2, 0.25) is 0 Å². The van der Waals surface area contributed by atoms with Gasteiger partial charge in [-0.3, -0.25) is 4.68 Å². The average Bonchev–Trinajstić information content (AvgIpc) is 2.43. The van der Waals surface area contributed by atoms with E-state index < -0.39 is 0 Å². The summed E-state index contributed by atoms with van der Waals surface area (Å²) >= 11 is 0. The van der Waals surface area contributed by atoms with Crippen molar-refractivity contribution < 1.29 is 4.74 Å². The normalized spacial score (nSPS) is 10.9. The molecule has 0 saturated heterocycles. The van der Waals surface area contributed by atoms with Gasteiger partial charge in [0.1, 0.15) is 5.82 Å². The van der Waals surface area contributed by atoms with Crippen molar-refractivity contribution >= 4 is 5.82 Å². The van der Waals surface area contributed by atoms with E-state index in [4.69, 9.17) is 4.74 Å². The first kappa shape index (κ1) is 11.0. The van der Waals surface area contributed by atoms with Gasteiger partial charge in [0.05, 0.1) is 12.3 Å². The van der Waals surface area contributed by atoms with Gasteiger partial charge in [-0.2, -0.15) is 5.10 Å². The van der Waals surface area contributed by atoms with Crippen molar-refractivity contribution in [3.8, 4) is 0 Å². The number of rotatable bonds is 5. The second kappa shape index (κ2) is 5.00. The molecule has 14 heavy (non-hydrogen) atoms. The number of aryl methyl sites for hydroxylation is 1. The first-order valence-electron chi connectivity index (χ1n) is 4.92. The van der Waals surface area contributed by atoms with E-state index in [1.165, 1.54) is 0 Å². The summed E-state index contributed by atoms with van der Waals surface area (Å²) in [5, 5.41) is 7.70. The number of nitrogens with one attached hydrogen (secondary N) is 1. The zero-order chi connectivity index (χ0) is 10.6. The van der Waals surface area contributed by atoms with E-state index >= 15 is 0 Å². The highest BCUT2D eigenvalue weighted by Gasteiger charge is 2.05. The van der Waals surface area contributed by atoms with Gasteiger partial charge in [0.2, 0.25) is 0 Å². The van der Waals surface area contributed by atoms with Crippen LogP contribution >= 0.6 is 0 Å². The topological polar surface area (TPSA) is 39.1 Å². The molecule has 1 N–H and O–H groups in total.